The zero-order chi connectivity index (χ0) is 19.1. The van der Waals surface area contributed by atoms with Crippen LogP contribution in [0.5, 0.6) is 0 Å². The van der Waals surface area contributed by atoms with E-state index in [0.717, 1.165) is 0 Å². The average Bonchev–Trinajstić information content (AvgIpc) is 2.67. The highest BCUT2D eigenvalue weighted by Gasteiger charge is 2.33. The molecule has 132 valence electrons. The number of hydrogen-bond donors (Lipinski definition) is 3. The normalized spacial score (nSPS) is 12.3. The van der Waals surface area contributed by atoms with E-state index in [2.05, 4.69) is 5.32 Å². The van der Waals surface area contributed by atoms with Gasteiger partial charge in [-0.2, -0.15) is 0 Å². The van der Waals surface area contributed by atoms with Crippen molar-refractivity contribution < 1.29 is 19.5 Å². The van der Waals surface area contributed by atoms with E-state index in [9.17, 15) is 14.4 Å². The molecule has 3 aromatic rings. The molecule has 1 aliphatic rings. The van der Waals surface area contributed by atoms with E-state index in [4.69, 9.17) is 10.8 Å². The molecule has 27 heavy (non-hydrogen) atoms. The van der Waals surface area contributed by atoms with Crippen LogP contribution in [0.1, 0.15) is 42.2 Å². The number of fused-ring (bicyclic) bond motifs is 2. The lowest BCUT2D eigenvalue weighted by atomic mass is 9.82. The van der Waals surface area contributed by atoms with Gasteiger partial charge in [0.1, 0.15) is 0 Å². The Morgan fingerprint density at radius 3 is 2.19 bits per heavy atom. The molecule has 4 rings (SSSR count). The number of anilines is 3. The van der Waals surface area contributed by atoms with E-state index in [-0.39, 0.29) is 33.9 Å². The number of carboxylic acid groups (broad SMARTS) is 1. The van der Waals surface area contributed by atoms with Crippen LogP contribution in [0.15, 0.2) is 60.7 Å². The lowest BCUT2D eigenvalue weighted by Gasteiger charge is -2.22. The Labute approximate surface area is 154 Å². The van der Waals surface area contributed by atoms with Crippen molar-refractivity contribution in [1.82, 2.24) is 0 Å². The van der Waals surface area contributed by atoms with Gasteiger partial charge in [0, 0.05) is 22.5 Å². The fraction of sp³-hybridized carbons (Fsp3) is 0. The maximum absolute atomic E-state index is 13.1. The zero-order valence-electron chi connectivity index (χ0n) is 14.0. The molecule has 6 heteroatoms. The van der Waals surface area contributed by atoms with Gasteiger partial charge < -0.3 is 16.2 Å². The Morgan fingerprint density at radius 1 is 0.852 bits per heavy atom. The van der Waals surface area contributed by atoms with Crippen molar-refractivity contribution >= 4 is 34.6 Å². The molecule has 0 atom stereocenters. The topological polar surface area (TPSA) is 109 Å². The minimum atomic E-state index is -1.06. The van der Waals surface area contributed by atoms with Crippen molar-refractivity contribution in [2.24, 2.45) is 0 Å². The monoisotopic (exact) mass is 358 g/mol. The Bertz CT molecular complexity index is 1130. The standard InChI is InChI=1S/C21H14N2O4/c22-15-8-9-16(23-12-5-3-4-11(10-12)21(26)27)18-17(15)19(24)13-6-1-2-7-14(13)20(18)25/h1-10,23H,22H2,(H,26,27). The summed E-state index contributed by atoms with van der Waals surface area (Å²) in [5, 5.41) is 12.2. The molecule has 0 amide bonds. The molecular weight excluding hydrogens is 344 g/mol. The van der Waals surface area contributed by atoms with Gasteiger partial charge in [0.15, 0.2) is 11.6 Å². The number of aromatic carboxylic acids is 1. The van der Waals surface area contributed by atoms with Crippen LogP contribution in [0.25, 0.3) is 0 Å². The summed E-state index contributed by atoms with van der Waals surface area (Å²) in [6.45, 7) is 0. The van der Waals surface area contributed by atoms with Gasteiger partial charge in [-0.25, -0.2) is 4.79 Å². The molecule has 0 spiro atoms. The van der Waals surface area contributed by atoms with E-state index in [1.54, 1.807) is 48.5 Å². The smallest absolute Gasteiger partial charge is 0.335 e. The first kappa shape index (κ1) is 16.5. The van der Waals surface area contributed by atoms with Crippen LogP contribution < -0.4 is 11.1 Å². The van der Waals surface area contributed by atoms with Crippen molar-refractivity contribution in [2.45, 2.75) is 0 Å². The van der Waals surface area contributed by atoms with Crippen LogP contribution in [0, 0.1) is 0 Å². The minimum absolute atomic E-state index is 0.108. The molecule has 0 fully saturated rings. The van der Waals surface area contributed by atoms with Crippen LogP contribution in [0.4, 0.5) is 17.1 Å². The number of nitrogen functional groups attached to an aromatic ring is 1. The minimum Gasteiger partial charge on any atom is -0.478 e. The number of hydrogen-bond acceptors (Lipinski definition) is 5. The van der Waals surface area contributed by atoms with Crippen LogP contribution in [-0.2, 0) is 0 Å². The van der Waals surface area contributed by atoms with Crippen LogP contribution in [0.2, 0.25) is 0 Å². The fourth-order valence-electron chi connectivity index (χ4n) is 3.24. The first-order chi connectivity index (χ1) is 13.0. The summed E-state index contributed by atoms with van der Waals surface area (Å²) in [6, 6.07) is 16.0. The number of nitrogens with one attached hydrogen (secondary N) is 1. The molecule has 0 bridgehead atoms. The lowest BCUT2D eigenvalue weighted by molar-refractivity contribution is 0.0696. The summed E-state index contributed by atoms with van der Waals surface area (Å²) in [6.07, 6.45) is 0. The van der Waals surface area contributed by atoms with E-state index in [1.807, 2.05) is 0 Å². The van der Waals surface area contributed by atoms with Crippen molar-refractivity contribution in [3.63, 3.8) is 0 Å². The maximum atomic E-state index is 13.1. The quantitative estimate of drug-likeness (QED) is 0.484. The highest BCUT2D eigenvalue weighted by molar-refractivity contribution is 6.31. The predicted octanol–water partition coefficient (Wildman–Crippen LogP) is 3.49. The largest absolute Gasteiger partial charge is 0.478 e. The van der Waals surface area contributed by atoms with E-state index in [0.29, 0.717) is 22.5 Å². The molecule has 0 unspecified atom stereocenters. The van der Waals surface area contributed by atoms with Gasteiger partial charge >= 0.3 is 5.97 Å². The fourth-order valence-corrected chi connectivity index (χ4v) is 3.24. The number of rotatable bonds is 3. The van der Waals surface area contributed by atoms with E-state index in [1.165, 1.54) is 12.1 Å². The number of carbonyl (C=O) groups excluding carboxylic acids is 2. The summed E-state index contributed by atoms with van der Waals surface area (Å²) in [7, 11) is 0. The first-order valence-corrected chi connectivity index (χ1v) is 8.18. The Kier molecular flexibility index (Phi) is 3.74. The van der Waals surface area contributed by atoms with Gasteiger partial charge in [-0.1, -0.05) is 30.3 Å². The Balaban J connectivity index is 1.86. The third-order valence-electron chi connectivity index (χ3n) is 4.50. The second-order valence-electron chi connectivity index (χ2n) is 6.17. The molecule has 1 aliphatic carbocycles. The number of ketones is 2. The van der Waals surface area contributed by atoms with Crippen molar-refractivity contribution in [3.8, 4) is 0 Å². The maximum Gasteiger partial charge on any atom is 0.335 e. The van der Waals surface area contributed by atoms with Crippen LogP contribution in [-0.4, -0.2) is 22.6 Å². The van der Waals surface area contributed by atoms with Crippen LogP contribution in [0.3, 0.4) is 0 Å². The third kappa shape index (κ3) is 2.64. The molecule has 3 aromatic carbocycles. The second-order valence-corrected chi connectivity index (χ2v) is 6.17. The van der Waals surface area contributed by atoms with Gasteiger partial charge in [-0.3, -0.25) is 9.59 Å². The molecule has 6 nitrogen and oxygen atoms in total. The molecular formula is C21H14N2O4. The average molecular weight is 358 g/mol. The van der Waals surface area contributed by atoms with E-state index >= 15 is 0 Å². The number of carboxylic acids is 1. The number of nitrogens with two attached hydrogens (primary N) is 1. The highest BCUT2D eigenvalue weighted by atomic mass is 16.4. The van der Waals surface area contributed by atoms with Crippen molar-refractivity contribution in [3.05, 3.63) is 88.5 Å². The van der Waals surface area contributed by atoms with Gasteiger partial charge in [0.25, 0.3) is 0 Å². The summed E-state index contributed by atoms with van der Waals surface area (Å²) >= 11 is 0. The number of carbonyl (C=O) groups is 3. The van der Waals surface area contributed by atoms with E-state index < -0.39 is 5.97 Å². The Morgan fingerprint density at radius 2 is 1.52 bits per heavy atom. The van der Waals surface area contributed by atoms with Gasteiger partial charge in [0.05, 0.1) is 22.4 Å². The molecule has 0 radical (unpaired) electrons. The summed E-state index contributed by atoms with van der Waals surface area (Å²) < 4.78 is 0. The van der Waals surface area contributed by atoms with Gasteiger partial charge in [-0.15, -0.1) is 0 Å². The van der Waals surface area contributed by atoms with Gasteiger partial charge in [0.2, 0.25) is 0 Å². The highest BCUT2D eigenvalue weighted by Crippen LogP contribution is 2.36. The molecule has 0 saturated carbocycles. The van der Waals surface area contributed by atoms with Gasteiger partial charge in [-0.05, 0) is 30.3 Å². The second kappa shape index (κ2) is 6.10. The summed E-state index contributed by atoms with van der Waals surface area (Å²) in [5.74, 6) is -1.66. The first-order valence-electron chi connectivity index (χ1n) is 8.18. The molecule has 0 aliphatic heterocycles. The molecule has 0 heterocycles. The zero-order valence-corrected chi connectivity index (χ0v) is 14.0. The van der Waals surface area contributed by atoms with Crippen LogP contribution >= 0.6 is 0 Å². The van der Waals surface area contributed by atoms with Crippen molar-refractivity contribution in [2.75, 3.05) is 11.1 Å². The lowest BCUT2D eigenvalue weighted by Crippen LogP contribution is -2.23. The summed E-state index contributed by atoms with van der Waals surface area (Å²) in [4.78, 5) is 37.1. The summed E-state index contributed by atoms with van der Waals surface area (Å²) in [5.41, 5.74) is 8.22. The predicted molar refractivity (Wildman–Crippen MR) is 101 cm³/mol. The number of benzene rings is 3. The van der Waals surface area contributed by atoms with Crippen molar-refractivity contribution in [1.29, 1.82) is 0 Å². The molecule has 0 saturated heterocycles. The SMILES string of the molecule is Nc1ccc(Nc2cccc(C(=O)O)c2)c2c1C(=O)c1ccccc1C2=O. The molecule has 0 aromatic heterocycles. The molecule has 4 N–H and O–H groups in total. The Hall–Kier alpha value is -3.93. The third-order valence-corrected chi connectivity index (χ3v) is 4.50.